The molecule has 2 aromatic carbocycles. The summed E-state index contributed by atoms with van der Waals surface area (Å²) in [6.07, 6.45) is 5.24. The van der Waals surface area contributed by atoms with E-state index in [1.807, 2.05) is 50.2 Å². The van der Waals surface area contributed by atoms with Crippen molar-refractivity contribution in [2.75, 3.05) is 6.61 Å². The number of carbonyl (C=O) groups is 2. The number of hydrogen-bond donors (Lipinski definition) is 1. The van der Waals surface area contributed by atoms with Gasteiger partial charge in [0.05, 0.1) is 6.61 Å². The van der Waals surface area contributed by atoms with Crippen LogP contribution >= 0.6 is 11.6 Å². The third-order valence-corrected chi connectivity index (χ3v) is 6.34. The molecule has 0 heterocycles. The fourth-order valence-electron chi connectivity index (χ4n) is 4.03. The molecule has 1 N–H and O–H groups in total. The maximum Gasteiger partial charge on any atom is 0.242 e. The molecule has 1 aliphatic carbocycles. The fraction of sp³-hybridized carbons (Fsp3) is 0.462. The molecule has 2 amide bonds. The van der Waals surface area contributed by atoms with Crippen LogP contribution in [0.1, 0.15) is 56.6 Å². The van der Waals surface area contributed by atoms with Crippen molar-refractivity contribution in [3.05, 3.63) is 64.7 Å². The molecular weight excluding hydrogens is 424 g/mol. The lowest BCUT2D eigenvalue weighted by Crippen LogP contribution is -2.49. The summed E-state index contributed by atoms with van der Waals surface area (Å²) < 4.78 is 5.72. The number of rotatable bonds is 10. The van der Waals surface area contributed by atoms with E-state index < -0.39 is 6.04 Å². The molecule has 1 aliphatic rings. The summed E-state index contributed by atoms with van der Waals surface area (Å²) in [5, 5.41) is 3.80. The van der Waals surface area contributed by atoms with Gasteiger partial charge in [-0.2, -0.15) is 0 Å². The standard InChI is InChI=1S/C26H33ClN2O3/c1-19-8-3-4-9-21(19)18-29(20(2)26(31)28-23-10-5-6-11-23)25(30)12-7-17-32-24-15-13-22(27)14-16-24/h3-4,8-9,13-16,20,23H,5-7,10-12,17-18H2,1-2H3,(H,28,31)/t20-/m0/s1. The van der Waals surface area contributed by atoms with Gasteiger partial charge in [-0.25, -0.2) is 0 Å². The highest BCUT2D eigenvalue weighted by Crippen LogP contribution is 2.20. The van der Waals surface area contributed by atoms with Crippen LogP contribution in [0.2, 0.25) is 5.02 Å². The Kier molecular flexibility index (Phi) is 8.98. The average molecular weight is 457 g/mol. The predicted molar refractivity (Wildman–Crippen MR) is 128 cm³/mol. The van der Waals surface area contributed by atoms with E-state index in [-0.39, 0.29) is 17.9 Å². The van der Waals surface area contributed by atoms with E-state index in [1.165, 1.54) is 0 Å². The van der Waals surface area contributed by atoms with Gasteiger partial charge in [-0.15, -0.1) is 0 Å². The van der Waals surface area contributed by atoms with Crippen molar-refractivity contribution < 1.29 is 14.3 Å². The van der Waals surface area contributed by atoms with Crippen LogP contribution in [0.3, 0.4) is 0 Å². The minimum absolute atomic E-state index is 0.0398. The first-order valence-electron chi connectivity index (χ1n) is 11.5. The van der Waals surface area contributed by atoms with Crippen LogP contribution in [-0.4, -0.2) is 35.4 Å². The van der Waals surface area contributed by atoms with E-state index in [0.29, 0.717) is 31.0 Å². The Balaban J connectivity index is 1.60. The SMILES string of the molecule is Cc1ccccc1CN(C(=O)CCCOc1ccc(Cl)cc1)[C@@H](C)C(=O)NC1CCCC1. The molecule has 3 rings (SSSR count). The molecule has 2 aromatic rings. The molecule has 1 fully saturated rings. The maximum atomic E-state index is 13.2. The van der Waals surface area contributed by atoms with Crippen LogP contribution in [0.25, 0.3) is 0 Å². The first-order chi connectivity index (χ1) is 15.4. The van der Waals surface area contributed by atoms with Crippen molar-refractivity contribution in [1.82, 2.24) is 10.2 Å². The molecule has 1 atom stereocenters. The van der Waals surface area contributed by atoms with E-state index in [2.05, 4.69) is 5.32 Å². The fourth-order valence-corrected chi connectivity index (χ4v) is 4.16. The van der Waals surface area contributed by atoms with Gasteiger partial charge in [0.25, 0.3) is 0 Å². The van der Waals surface area contributed by atoms with Gasteiger partial charge in [-0.05, 0) is 68.5 Å². The van der Waals surface area contributed by atoms with Crippen molar-refractivity contribution in [3.63, 3.8) is 0 Å². The van der Waals surface area contributed by atoms with Crippen LogP contribution in [-0.2, 0) is 16.1 Å². The number of ether oxygens (including phenoxy) is 1. The Morgan fingerprint density at radius 2 is 1.81 bits per heavy atom. The van der Waals surface area contributed by atoms with Crippen LogP contribution in [0.15, 0.2) is 48.5 Å². The summed E-state index contributed by atoms with van der Waals surface area (Å²) in [5.41, 5.74) is 2.17. The van der Waals surface area contributed by atoms with Gasteiger partial charge in [0.15, 0.2) is 0 Å². The highest BCUT2D eigenvalue weighted by molar-refractivity contribution is 6.30. The third-order valence-electron chi connectivity index (χ3n) is 6.09. The maximum absolute atomic E-state index is 13.2. The van der Waals surface area contributed by atoms with E-state index in [4.69, 9.17) is 16.3 Å². The predicted octanol–water partition coefficient (Wildman–Crippen LogP) is 5.28. The van der Waals surface area contributed by atoms with E-state index >= 15 is 0 Å². The Labute approximate surface area is 196 Å². The summed E-state index contributed by atoms with van der Waals surface area (Å²) in [4.78, 5) is 27.8. The number of nitrogens with zero attached hydrogens (tertiary/aromatic N) is 1. The largest absolute Gasteiger partial charge is 0.494 e. The zero-order valence-electron chi connectivity index (χ0n) is 19.0. The number of nitrogens with one attached hydrogen (secondary N) is 1. The molecule has 0 spiro atoms. The van der Waals surface area contributed by atoms with Crippen LogP contribution < -0.4 is 10.1 Å². The summed E-state index contributed by atoms with van der Waals surface area (Å²) in [5.74, 6) is 0.612. The Morgan fingerprint density at radius 3 is 2.50 bits per heavy atom. The quantitative estimate of drug-likeness (QED) is 0.494. The number of hydrogen-bond acceptors (Lipinski definition) is 3. The van der Waals surface area contributed by atoms with Gasteiger partial charge >= 0.3 is 0 Å². The molecule has 0 radical (unpaired) electrons. The van der Waals surface area contributed by atoms with Gasteiger partial charge in [0.2, 0.25) is 11.8 Å². The zero-order chi connectivity index (χ0) is 22.9. The lowest BCUT2D eigenvalue weighted by molar-refractivity contribution is -0.141. The first-order valence-corrected chi connectivity index (χ1v) is 11.8. The molecule has 0 saturated heterocycles. The summed E-state index contributed by atoms with van der Waals surface area (Å²) >= 11 is 5.90. The lowest BCUT2D eigenvalue weighted by Gasteiger charge is -2.30. The second kappa shape index (κ2) is 11.9. The van der Waals surface area contributed by atoms with Crippen LogP contribution in [0.5, 0.6) is 5.75 Å². The Morgan fingerprint density at radius 1 is 1.12 bits per heavy atom. The minimum Gasteiger partial charge on any atom is -0.494 e. The molecule has 172 valence electrons. The summed E-state index contributed by atoms with van der Waals surface area (Å²) in [7, 11) is 0. The Bertz CT molecular complexity index is 894. The number of carbonyl (C=O) groups excluding carboxylic acids is 2. The molecular formula is C26H33ClN2O3. The molecule has 0 bridgehead atoms. The monoisotopic (exact) mass is 456 g/mol. The van der Waals surface area contributed by atoms with Gasteiger partial charge < -0.3 is 15.0 Å². The molecule has 6 heteroatoms. The normalized spacial score (nSPS) is 14.7. The van der Waals surface area contributed by atoms with Gasteiger partial charge in [0.1, 0.15) is 11.8 Å². The Hall–Kier alpha value is -2.53. The number of halogens is 1. The van der Waals surface area contributed by atoms with E-state index in [9.17, 15) is 9.59 Å². The zero-order valence-corrected chi connectivity index (χ0v) is 19.7. The van der Waals surface area contributed by atoms with Crippen molar-refractivity contribution in [2.45, 2.75) is 71.0 Å². The highest BCUT2D eigenvalue weighted by Gasteiger charge is 2.28. The van der Waals surface area contributed by atoms with Crippen molar-refractivity contribution in [3.8, 4) is 5.75 Å². The third kappa shape index (κ3) is 6.99. The summed E-state index contributed by atoms with van der Waals surface area (Å²) in [6.45, 7) is 4.70. The average Bonchev–Trinajstić information content (AvgIpc) is 3.30. The topological polar surface area (TPSA) is 58.6 Å². The number of benzene rings is 2. The second-order valence-corrected chi connectivity index (χ2v) is 8.96. The molecule has 0 aromatic heterocycles. The van der Waals surface area contributed by atoms with Crippen molar-refractivity contribution in [1.29, 1.82) is 0 Å². The molecule has 0 unspecified atom stereocenters. The van der Waals surface area contributed by atoms with E-state index in [0.717, 1.165) is 42.6 Å². The van der Waals surface area contributed by atoms with Crippen molar-refractivity contribution in [2.24, 2.45) is 0 Å². The van der Waals surface area contributed by atoms with Crippen molar-refractivity contribution >= 4 is 23.4 Å². The highest BCUT2D eigenvalue weighted by atomic mass is 35.5. The first kappa shape index (κ1) is 24.1. The van der Waals surface area contributed by atoms with Crippen LogP contribution in [0.4, 0.5) is 0 Å². The molecule has 0 aliphatic heterocycles. The summed E-state index contributed by atoms with van der Waals surface area (Å²) in [6, 6.07) is 14.9. The minimum atomic E-state index is -0.528. The van der Waals surface area contributed by atoms with Gasteiger partial charge in [-0.1, -0.05) is 48.7 Å². The van der Waals surface area contributed by atoms with Gasteiger partial charge in [-0.3, -0.25) is 9.59 Å². The molecule has 1 saturated carbocycles. The van der Waals surface area contributed by atoms with E-state index in [1.54, 1.807) is 17.0 Å². The smallest absolute Gasteiger partial charge is 0.242 e. The van der Waals surface area contributed by atoms with Gasteiger partial charge in [0, 0.05) is 24.0 Å². The molecule has 5 nitrogen and oxygen atoms in total. The number of amides is 2. The number of aryl methyl sites for hydroxylation is 1. The lowest BCUT2D eigenvalue weighted by atomic mass is 10.1. The van der Waals surface area contributed by atoms with Crippen LogP contribution in [0, 0.1) is 6.92 Å². The second-order valence-electron chi connectivity index (χ2n) is 8.52. The molecule has 32 heavy (non-hydrogen) atoms.